The Labute approximate surface area is 184 Å². The van der Waals surface area contributed by atoms with Crippen molar-refractivity contribution in [3.05, 3.63) is 24.4 Å². The van der Waals surface area contributed by atoms with Crippen molar-refractivity contribution < 1.29 is 36.6 Å². The third-order valence-electron chi connectivity index (χ3n) is 6.00. The largest absolute Gasteiger partial charge is 0.491 e. The van der Waals surface area contributed by atoms with E-state index in [1.165, 1.54) is 6.20 Å². The Hall–Kier alpha value is -3.51. The summed E-state index contributed by atoms with van der Waals surface area (Å²) < 4.78 is 66.3. The molecule has 1 aromatic carbocycles. The summed E-state index contributed by atoms with van der Waals surface area (Å²) in [7, 11) is 0. The third kappa shape index (κ3) is 3.51. The Morgan fingerprint density at radius 2 is 2.00 bits per heavy atom. The highest BCUT2D eigenvalue weighted by Gasteiger charge is 2.52. The molecule has 2 N–H and O–H groups in total. The number of primary amides is 1. The molecule has 3 aliphatic heterocycles. The zero-order valence-corrected chi connectivity index (χ0v) is 17.1. The van der Waals surface area contributed by atoms with Crippen LogP contribution in [0.4, 0.5) is 33.9 Å². The van der Waals surface area contributed by atoms with E-state index in [-0.39, 0.29) is 25.4 Å². The van der Waals surface area contributed by atoms with Crippen LogP contribution < -0.4 is 20.3 Å². The number of hydrogen-bond acceptors (Lipinski definition) is 6. The molecule has 1 aromatic heterocycles. The summed E-state index contributed by atoms with van der Waals surface area (Å²) >= 11 is 0. The maximum absolute atomic E-state index is 14.2. The minimum Gasteiger partial charge on any atom is -0.491 e. The second kappa shape index (κ2) is 7.52. The Balaban J connectivity index is 1.51. The quantitative estimate of drug-likeness (QED) is 0.692. The number of amides is 2. The van der Waals surface area contributed by atoms with Crippen LogP contribution in [-0.4, -0.2) is 65.7 Å². The summed E-state index contributed by atoms with van der Waals surface area (Å²) in [6.45, 7) is -0.0638. The molecule has 0 spiro atoms. The number of benzene rings is 1. The van der Waals surface area contributed by atoms with E-state index in [0.717, 1.165) is 0 Å². The molecule has 2 saturated heterocycles. The molecule has 0 bridgehead atoms. The SMILES string of the molecule is NC(=O)[C@@H]1[C@H](F)CCN1c1ccc2c(c1)OCCn1cc(N3C(=O)OC[C@H]3C(F)(F)F)nc1-2. The Kier molecular flexibility index (Phi) is 4.87. The Morgan fingerprint density at radius 1 is 1.21 bits per heavy atom. The fourth-order valence-corrected chi connectivity index (χ4v) is 4.44. The lowest BCUT2D eigenvalue weighted by Crippen LogP contribution is -2.44. The number of carbonyl (C=O) groups excluding carboxylic acids is 2. The summed E-state index contributed by atoms with van der Waals surface area (Å²) in [5, 5.41) is 0. The van der Waals surface area contributed by atoms with Crippen LogP contribution in [-0.2, 0) is 16.1 Å². The molecule has 3 atom stereocenters. The van der Waals surface area contributed by atoms with Crippen LogP contribution in [0, 0.1) is 0 Å². The predicted octanol–water partition coefficient (Wildman–Crippen LogP) is 2.23. The van der Waals surface area contributed by atoms with Gasteiger partial charge in [-0.2, -0.15) is 13.2 Å². The van der Waals surface area contributed by atoms with Crippen molar-refractivity contribution in [2.75, 3.05) is 29.6 Å². The Morgan fingerprint density at radius 3 is 2.73 bits per heavy atom. The van der Waals surface area contributed by atoms with Crippen LogP contribution >= 0.6 is 0 Å². The van der Waals surface area contributed by atoms with E-state index in [4.69, 9.17) is 10.5 Å². The standard InChI is InChI=1S/C20H19F4N5O4/c21-12-3-4-28(16(12)17(25)30)10-1-2-11-13(7-10)32-6-5-27-8-15(26-18(11)27)29-14(20(22,23)24)9-33-19(29)31/h1-2,7-8,12,14,16H,3-6,9H2,(H2,25,30)/t12-,14+,16+/m1/s1. The summed E-state index contributed by atoms with van der Waals surface area (Å²) in [5.74, 6) is -0.278. The number of nitrogens with zero attached hydrogens (tertiary/aromatic N) is 4. The molecule has 176 valence electrons. The van der Waals surface area contributed by atoms with Gasteiger partial charge in [0.05, 0.1) is 12.1 Å². The van der Waals surface area contributed by atoms with E-state index in [9.17, 15) is 27.2 Å². The lowest BCUT2D eigenvalue weighted by molar-refractivity contribution is -0.147. The van der Waals surface area contributed by atoms with E-state index < -0.39 is 43.0 Å². The molecule has 3 aliphatic rings. The molecule has 2 aromatic rings. The van der Waals surface area contributed by atoms with Crippen molar-refractivity contribution in [1.29, 1.82) is 0 Å². The molecule has 0 unspecified atom stereocenters. The maximum atomic E-state index is 14.2. The number of fused-ring (bicyclic) bond motifs is 3. The molecule has 0 radical (unpaired) electrons. The fraction of sp³-hybridized carbons (Fsp3) is 0.450. The van der Waals surface area contributed by atoms with Crippen molar-refractivity contribution in [2.24, 2.45) is 5.73 Å². The minimum absolute atomic E-state index is 0.158. The van der Waals surface area contributed by atoms with E-state index in [2.05, 4.69) is 9.72 Å². The van der Waals surface area contributed by atoms with E-state index in [0.29, 0.717) is 34.3 Å². The second-order valence-corrected chi connectivity index (χ2v) is 7.99. The molecule has 2 fully saturated rings. The molecule has 4 heterocycles. The van der Waals surface area contributed by atoms with Crippen molar-refractivity contribution in [1.82, 2.24) is 9.55 Å². The lowest BCUT2D eigenvalue weighted by atomic mass is 10.1. The highest BCUT2D eigenvalue weighted by atomic mass is 19.4. The fourth-order valence-electron chi connectivity index (χ4n) is 4.44. The van der Waals surface area contributed by atoms with Gasteiger partial charge in [-0.15, -0.1) is 0 Å². The zero-order chi connectivity index (χ0) is 23.5. The van der Waals surface area contributed by atoms with Crippen LogP contribution in [0.25, 0.3) is 11.4 Å². The molecule has 2 amide bonds. The predicted molar refractivity (Wildman–Crippen MR) is 107 cm³/mol. The normalized spacial score (nSPS) is 24.7. The lowest BCUT2D eigenvalue weighted by Gasteiger charge is -2.25. The molecule has 5 rings (SSSR count). The minimum atomic E-state index is -4.68. The first-order valence-electron chi connectivity index (χ1n) is 10.2. The molecule has 13 heteroatoms. The summed E-state index contributed by atoms with van der Waals surface area (Å²) in [5.41, 5.74) is 6.37. The van der Waals surface area contributed by atoms with Gasteiger partial charge < -0.3 is 24.7 Å². The van der Waals surface area contributed by atoms with Crippen molar-refractivity contribution in [2.45, 2.75) is 37.4 Å². The number of aromatic nitrogens is 2. The van der Waals surface area contributed by atoms with Crippen LogP contribution in [0.1, 0.15) is 6.42 Å². The van der Waals surface area contributed by atoms with Gasteiger partial charge >= 0.3 is 12.3 Å². The number of ether oxygens (including phenoxy) is 2. The van der Waals surface area contributed by atoms with Crippen LogP contribution in [0.5, 0.6) is 5.75 Å². The van der Waals surface area contributed by atoms with Gasteiger partial charge in [-0.25, -0.2) is 19.1 Å². The van der Waals surface area contributed by atoms with Gasteiger partial charge in [0.25, 0.3) is 0 Å². The number of anilines is 2. The first kappa shape index (κ1) is 21.3. The molecular formula is C20H19F4N5O4. The topological polar surface area (TPSA) is 103 Å². The summed E-state index contributed by atoms with van der Waals surface area (Å²) in [6, 6.07) is 1.67. The molecule has 9 nitrogen and oxygen atoms in total. The van der Waals surface area contributed by atoms with Crippen LogP contribution in [0.3, 0.4) is 0 Å². The van der Waals surface area contributed by atoms with Gasteiger partial charge in [0.2, 0.25) is 5.91 Å². The molecule has 33 heavy (non-hydrogen) atoms. The van der Waals surface area contributed by atoms with Crippen molar-refractivity contribution in [3.63, 3.8) is 0 Å². The number of nitrogens with two attached hydrogens (primary N) is 1. The average molecular weight is 469 g/mol. The van der Waals surface area contributed by atoms with Gasteiger partial charge in [-0.3, -0.25) is 4.79 Å². The highest BCUT2D eigenvalue weighted by molar-refractivity contribution is 5.90. The average Bonchev–Trinajstić information content (AvgIpc) is 3.41. The molecule has 0 aliphatic carbocycles. The maximum Gasteiger partial charge on any atom is 0.416 e. The first-order chi connectivity index (χ1) is 15.6. The number of hydrogen-bond donors (Lipinski definition) is 1. The Bertz CT molecular complexity index is 1120. The van der Waals surface area contributed by atoms with E-state index >= 15 is 0 Å². The highest BCUT2D eigenvalue weighted by Crippen LogP contribution is 2.40. The number of rotatable bonds is 3. The van der Waals surface area contributed by atoms with Gasteiger partial charge in [0.15, 0.2) is 11.9 Å². The number of imidazole rings is 1. The molecular weight excluding hydrogens is 450 g/mol. The number of halogens is 4. The monoisotopic (exact) mass is 469 g/mol. The third-order valence-corrected chi connectivity index (χ3v) is 6.00. The van der Waals surface area contributed by atoms with Gasteiger partial charge in [-0.05, 0) is 18.6 Å². The first-order valence-corrected chi connectivity index (χ1v) is 10.2. The number of alkyl halides is 4. The van der Waals surface area contributed by atoms with Crippen molar-refractivity contribution in [3.8, 4) is 17.1 Å². The van der Waals surface area contributed by atoms with Gasteiger partial charge in [-0.1, -0.05) is 0 Å². The summed E-state index contributed by atoms with van der Waals surface area (Å²) in [6.07, 6.45) is -5.67. The van der Waals surface area contributed by atoms with Crippen LogP contribution in [0.2, 0.25) is 0 Å². The smallest absolute Gasteiger partial charge is 0.416 e. The van der Waals surface area contributed by atoms with E-state index in [1.807, 2.05) is 0 Å². The van der Waals surface area contributed by atoms with Crippen LogP contribution in [0.15, 0.2) is 24.4 Å². The van der Waals surface area contributed by atoms with Crippen molar-refractivity contribution >= 4 is 23.5 Å². The van der Waals surface area contributed by atoms with Gasteiger partial charge in [0.1, 0.15) is 37.0 Å². The molecule has 0 saturated carbocycles. The van der Waals surface area contributed by atoms with Gasteiger partial charge in [0, 0.05) is 24.5 Å². The number of cyclic esters (lactones) is 1. The van der Waals surface area contributed by atoms with E-state index in [1.54, 1.807) is 27.7 Å². The summed E-state index contributed by atoms with van der Waals surface area (Å²) in [4.78, 5) is 30.1. The number of carbonyl (C=O) groups is 2. The second-order valence-electron chi connectivity index (χ2n) is 7.99. The zero-order valence-electron chi connectivity index (χ0n) is 17.1.